The molecule has 1 aliphatic heterocycles. The predicted octanol–water partition coefficient (Wildman–Crippen LogP) is 1.36. The molecule has 2 rings (SSSR count). The summed E-state index contributed by atoms with van der Waals surface area (Å²) in [5, 5.41) is 9.40. The number of aromatic nitrogens is 1. The molecule has 0 aromatic carbocycles. The van der Waals surface area contributed by atoms with Crippen molar-refractivity contribution < 1.29 is 9.84 Å². The third kappa shape index (κ3) is 2.33. The maximum absolute atomic E-state index is 9.40. The Kier molecular flexibility index (Phi) is 3.41. The summed E-state index contributed by atoms with van der Waals surface area (Å²) in [6.07, 6.45) is 1.28. The topological polar surface area (TPSA) is 45.6 Å². The lowest BCUT2D eigenvalue weighted by molar-refractivity contribution is 0.0985. The van der Waals surface area contributed by atoms with Crippen LogP contribution in [0.4, 0.5) is 5.82 Å². The minimum atomic E-state index is -0.455. The summed E-state index contributed by atoms with van der Waals surface area (Å²) >= 11 is 0. The van der Waals surface area contributed by atoms with Crippen molar-refractivity contribution in [1.29, 1.82) is 0 Å². The van der Waals surface area contributed by atoms with Gasteiger partial charge in [-0.2, -0.15) is 0 Å². The number of pyridine rings is 1. The fraction of sp³-hybridized carbons (Fsp3) is 0.583. The molecule has 0 aliphatic carbocycles. The van der Waals surface area contributed by atoms with Crippen LogP contribution in [0.25, 0.3) is 0 Å². The summed E-state index contributed by atoms with van der Waals surface area (Å²) in [5.74, 6) is 0.959. The summed E-state index contributed by atoms with van der Waals surface area (Å²) in [6.45, 7) is 6.25. The quantitative estimate of drug-likeness (QED) is 0.820. The number of aliphatic hydroxyl groups excluding tert-OH is 1. The van der Waals surface area contributed by atoms with Crippen LogP contribution in [0.3, 0.4) is 0 Å². The van der Waals surface area contributed by atoms with Gasteiger partial charge in [-0.25, -0.2) is 4.98 Å². The number of ether oxygens (including phenoxy) is 1. The average Bonchev–Trinajstić information content (AvgIpc) is 2.30. The summed E-state index contributed by atoms with van der Waals surface area (Å²) in [4.78, 5) is 6.62. The minimum absolute atomic E-state index is 0.360. The average molecular weight is 222 g/mol. The highest BCUT2D eigenvalue weighted by molar-refractivity contribution is 5.41. The van der Waals surface area contributed by atoms with Crippen molar-refractivity contribution in [3.8, 4) is 0 Å². The summed E-state index contributed by atoms with van der Waals surface area (Å²) < 4.78 is 5.39. The zero-order valence-electron chi connectivity index (χ0n) is 9.76. The second kappa shape index (κ2) is 4.80. The van der Waals surface area contributed by atoms with Crippen molar-refractivity contribution in [2.24, 2.45) is 0 Å². The molecule has 1 N–H and O–H groups in total. The molecule has 2 heterocycles. The fourth-order valence-electron chi connectivity index (χ4n) is 1.88. The molecule has 1 aliphatic rings. The van der Waals surface area contributed by atoms with E-state index >= 15 is 0 Å². The van der Waals surface area contributed by atoms with Crippen LogP contribution in [0.15, 0.2) is 18.3 Å². The Morgan fingerprint density at radius 1 is 1.56 bits per heavy atom. The number of rotatable bonds is 2. The van der Waals surface area contributed by atoms with Gasteiger partial charge in [0.25, 0.3) is 0 Å². The van der Waals surface area contributed by atoms with Crippen molar-refractivity contribution in [2.45, 2.75) is 26.0 Å². The van der Waals surface area contributed by atoms with Gasteiger partial charge in [-0.05, 0) is 25.5 Å². The first-order valence-electron chi connectivity index (χ1n) is 5.67. The van der Waals surface area contributed by atoms with Gasteiger partial charge in [-0.15, -0.1) is 0 Å². The van der Waals surface area contributed by atoms with E-state index in [1.807, 2.05) is 12.1 Å². The number of nitrogens with zero attached hydrogens (tertiary/aromatic N) is 2. The molecular formula is C12H18N2O2. The van der Waals surface area contributed by atoms with E-state index in [9.17, 15) is 5.11 Å². The van der Waals surface area contributed by atoms with E-state index in [-0.39, 0.29) is 0 Å². The molecule has 0 spiro atoms. The van der Waals surface area contributed by atoms with E-state index in [0.717, 1.165) is 31.1 Å². The Labute approximate surface area is 95.9 Å². The number of hydrogen-bond donors (Lipinski definition) is 1. The van der Waals surface area contributed by atoms with Crippen LogP contribution in [0.1, 0.15) is 25.5 Å². The van der Waals surface area contributed by atoms with Gasteiger partial charge in [-0.1, -0.05) is 6.07 Å². The van der Waals surface area contributed by atoms with E-state index in [1.54, 1.807) is 13.1 Å². The van der Waals surface area contributed by atoms with Gasteiger partial charge >= 0.3 is 0 Å². The highest BCUT2D eigenvalue weighted by Gasteiger charge is 2.19. The molecule has 2 atom stereocenters. The molecule has 1 saturated heterocycles. The second-order valence-corrected chi connectivity index (χ2v) is 4.24. The van der Waals surface area contributed by atoms with Gasteiger partial charge in [0.05, 0.1) is 25.4 Å². The number of morpholine rings is 1. The standard InChI is InChI=1S/C12H18N2O2/c1-9-8-16-6-5-14(9)12-4-3-11(7-13-12)10(2)15/h3-4,7,9-10,15H,5-6,8H2,1-2H3. The van der Waals surface area contributed by atoms with E-state index in [0.29, 0.717) is 6.04 Å². The van der Waals surface area contributed by atoms with Crippen molar-refractivity contribution in [3.63, 3.8) is 0 Å². The van der Waals surface area contributed by atoms with Crippen LogP contribution in [0, 0.1) is 0 Å². The van der Waals surface area contributed by atoms with Crippen LogP contribution < -0.4 is 4.90 Å². The van der Waals surface area contributed by atoms with Crippen LogP contribution in [-0.2, 0) is 4.74 Å². The maximum atomic E-state index is 9.40. The van der Waals surface area contributed by atoms with Crippen molar-refractivity contribution in [3.05, 3.63) is 23.9 Å². The van der Waals surface area contributed by atoms with Crippen LogP contribution in [0.5, 0.6) is 0 Å². The van der Waals surface area contributed by atoms with Crippen molar-refractivity contribution in [2.75, 3.05) is 24.7 Å². The molecule has 0 bridgehead atoms. The van der Waals surface area contributed by atoms with E-state index < -0.39 is 6.10 Å². The maximum Gasteiger partial charge on any atom is 0.128 e. The van der Waals surface area contributed by atoms with E-state index in [4.69, 9.17) is 4.74 Å². The summed E-state index contributed by atoms with van der Waals surface area (Å²) in [6, 6.07) is 4.25. The van der Waals surface area contributed by atoms with Gasteiger partial charge in [0, 0.05) is 12.7 Å². The van der Waals surface area contributed by atoms with Crippen LogP contribution >= 0.6 is 0 Å². The molecular weight excluding hydrogens is 204 g/mol. The van der Waals surface area contributed by atoms with Gasteiger partial charge in [-0.3, -0.25) is 0 Å². The van der Waals surface area contributed by atoms with Gasteiger partial charge in [0.2, 0.25) is 0 Å². The molecule has 4 nitrogen and oxygen atoms in total. The predicted molar refractivity (Wildman–Crippen MR) is 62.5 cm³/mol. The van der Waals surface area contributed by atoms with Gasteiger partial charge < -0.3 is 14.7 Å². The largest absolute Gasteiger partial charge is 0.389 e. The molecule has 1 aromatic heterocycles. The highest BCUT2D eigenvalue weighted by atomic mass is 16.5. The molecule has 16 heavy (non-hydrogen) atoms. The molecule has 4 heteroatoms. The van der Waals surface area contributed by atoms with Gasteiger partial charge in [0.1, 0.15) is 5.82 Å². The first-order chi connectivity index (χ1) is 7.68. The van der Waals surface area contributed by atoms with E-state index in [2.05, 4.69) is 16.8 Å². The molecule has 0 amide bonds. The van der Waals surface area contributed by atoms with Crippen molar-refractivity contribution in [1.82, 2.24) is 4.98 Å². The van der Waals surface area contributed by atoms with Crippen LogP contribution in [0.2, 0.25) is 0 Å². The Morgan fingerprint density at radius 3 is 2.94 bits per heavy atom. The number of aliphatic hydroxyl groups is 1. The SMILES string of the molecule is CC(O)c1ccc(N2CCOCC2C)nc1. The second-order valence-electron chi connectivity index (χ2n) is 4.24. The fourth-order valence-corrected chi connectivity index (χ4v) is 1.88. The molecule has 1 aromatic rings. The zero-order chi connectivity index (χ0) is 11.5. The molecule has 88 valence electrons. The third-order valence-electron chi connectivity index (χ3n) is 2.92. The Morgan fingerprint density at radius 2 is 2.38 bits per heavy atom. The first kappa shape index (κ1) is 11.4. The van der Waals surface area contributed by atoms with Crippen molar-refractivity contribution >= 4 is 5.82 Å². The highest BCUT2D eigenvalue weighted by Crippen LogP contribution is 2.19. The summed E-state index contributed by atoms with van der Waals surface area (Å²) in [5.41, 5.74) is 0.852. The molecule has 2 unspecified atom stereocenters. The normalized spacial score (nSPS) is 23.2. The Balaban J connectivity index is 2.14. The first-order valence-corrected chi connectivity index (χ1v) is 5.67. The number of anilines is 1. The van der Waals surface area contributed by atoms with Crippen LogP contribution in [-0.4, -0.2) is 35.9 Å². The monoisotopic (exact) mass is 222 g/mol. The van der Waals surface area contributed by atoms with Gasteiger partial charge in [0.15, 0.2) is 0 Å². The molecule has 0 saturated carbocycles. The lowest BCUT2D eigenvalue weighted by Crippen LogP contribution is -2.44. The molecule has 0 radical (unpaired) electrons. The Hall–Kier alpha value is -1.13. The smallest absolute Gasteiger partial charge is 0.128 e. The summed E-state index contributed by atoms with van der Waals surface area (Å²) in [7, 11) is 0. The Bertz CT molecular complexity index is 337. The van der Waals surface area contributed by atoms with E-state index in [1.165, 1.54) is 0 Å². The lowest BCUT2D eigenvalue weighted by atomic mass is 10.2. The molecule has 1 fully saturated rings. The minimum Gasteiger partial charge on any atom is -0.389 e. The number of hydrogen-bond acceptors (Lipinski definition) is 4. The third-order valence-corrected chi connectivity index (χ3v) is 2.92. The lowest BCUT2D eigenvalue weighted by Gasteiger charge is -2.34. The zero-order valence-corrected chi connectivity index (χ0v) is 9.76.